The van der Waals surface area contributed by atoms with Crippen LogP contribution in [0.1, 0.15) is 11.1 Å². The largest absolute Gasteiger partial charge is 0.496 e. The Labute approximate surface area is 117 Å². The van der Waals surface area contributed by atoms with Gasteiger partial charge in [-0.15, -0.1) is 0 Å². The van der Waals surface area contributed by atoms with Crippen molar-refractivity contribution in [2.75, 3.05) is 7.11 Å². The number of oxime groups is 1. The minimum absolute atomic E-state index is 0.381. The van der Waals surface area contributed by atoms with E-state index in [-0.39, 0.29) is 0 Å². The van der Waals surface area contributed by atoms with Crippen molar-refractivity contribution in [2.24, 2.45) is 5.16 Å². The van der Waals surface area contributed by atoms with Crippen molar-refractivity contribution in [1.82, 2.24) is 0 Å². The number of benzene rings is 2. The standard InChI is InChI=1S/C15H14ClNO2/c1-18-15-8-3-2-6-13(15)10-17-19-11-12-5-4-7-14(16)9-12/h2-10H,11H2,1H3. The number of rotatable bonds is 5. The van der Waals surface area contributed by atoms with Gasteiger partial charge < -0.3 is 9.57 Å². The summed E-state index contributed by atoms with van der Waals surface area (Å²) in [6.45, 7) is 0.381. The number of nitrogens with zero attached hydrogens (tertiary/aromatic N) is 1. The van der Waals surface area contributed by atoms with Gasteiger partial charge in [-0.1, -0.05) is 41.0 Å². The number of methoxy groups -OCH3 is 1. The molecule has 2 aromatic rings. The Kier molecular flexibility index (Phi) is 4.81. The van der Waals surface area contributed by atoms with E-state index >= 15 is 0 Å². The zero-order valence-electron chi connectivity index (χ0n) is 10.5. The molecule has 2 aromatic carbocycles. The summed E-state index contributed by atoms with van der Waals surface area (Å²) in [6.07, 6.45) is 1.63. The van der Waals surface area contributed by atoms with E-state index < -0.39 is 0 Å². The predicted octanol–water partition coefficient (Wildman–Crippen LogP) is 3.90. The topological polar surface area (TPSA) is 30.8 Å². The fourth-order valence-electron chi connectivity index (χ4n) is 1.61. The number of ether oxygens (including phenoxy) is 1. The molecule has 0 bridgehead atoms. The molecule has 0 aromatic heterocycles. The van der Waals surface area contributed by atoms with Gasteiger partial charge in [-0.3, -0.25) is 0 Å². The molecule has 0 spiro atoms. The molecule has 0 amide bonds. The van der Waals surface area contributed by atoms with E-state index in [0.29, 0.717) is 11.6 Å². The van der Waals surface area contributed by atoms with E-state index in [2.05, 4.69) is 5.16 Å². The summed E-state index contributed by atoms with van der Waals surface area (Å²) in [5, 5.41) is 4.62. The monoisotopic (exact) mass is 275 g/mol. The van der Waals surface area contributed by atoms with Gasteiger partial charge in [0.2, 0.25) is 0 Å². The molecular weight excluding hydrogens is 262 g/mol. The quantitative estimate of drug-likeness (QED) is 0.612. The maximum Gasteiger partial charge on any atom is 0.142 e. The van der Waals surface area contributed by atoms with Gasteiger partial charge in [0.05, 0.1) is 13.3 Å². The first kappa shape index (κ1) is 13.4. The number of halogens is 1. The summed E-state index contributed by atoms with van der Waals surface area (Å²) in [7, 11) is 1.62. The molecule has 19 heavy (non-hydrogen) atoms. The number of hydrogen-bond acceptors (Lipinski definition) is 3. The second-order valence-corrected chi connectivity index (χ2v) is 4.32. The van der Waals surface area contributed by atoms with E-state index in [1.807, 2.05) is 48.5 Å². The molecule has 0 aliphatic heterocycles. The second-order valence-electron chi connectivity index (χ2n) is 3.88. The Hall–Kier alpha value is -2.00. The lowest BCUT2D eigenvalue weighted by Gasteiger charge is -2.03. The molecule has 0 aliphatic carbocycles. The lowest BCUT2D eigenvalue weighted by Crippen LogP contribution is -1.91. The summed E-state index contributed by atoms with van der Waals surface area (Å²) in [5.41, 5.74) is 1.85. The summed E-state index contributed by atoms with van der Waals surface area (Å²) in [5.74, 6) is 0.762. The lowest BCUT2D eigenvalue weighted by molar-refractivity contribution is 0.132. The van der Waals surface area contributed by atoms with Gasteiger partial charge in [0.15, 0.2) is 0 Å². The molecule has 98 valence electrons. The molecule has 2 rings (SSSR count). The Morgan fingerprint density at radius 2 is 2.00 bits per heavy atom. The van der Waals surface area contributed by atoms with Gasteiger partial charge in [0.1, 0.15) is 12.4 Å². The minimum atomic E-state index is 0.381. The molecule has 0 fully saturated rings. The van der Waals surface area contributed by atoms with Crippen LogP contribution in [0, 0.1) is 0 Å². The average Bonchev–Trinajstić information content (AvgIpc) is 2.44. The van der Waals surface area contributed by atoms with E-state index in [0.717, 1.165) is 16.9 Å². The fourth-order valence-corrected chi connectivity index (χ4v) is 1.82. The smallest absolute Gasteiger partial charge is 0.142 e. The highest BCUT2D eigenvalue weighted by atomic mass is 35.5. The third kappa shape index (κ3) is 4.00. The maximum absolute atomic E-state index is 5.88. The van der Waals surface area contributed by atoms with Crippen molar-refractivity contribution < 1.29 is 9.57 Å². The normalized spacial score (nSPS) is 10.6. The van der Waals surface area contributed by atoms with Crippen LogP contribution in [0.4, 0.5) is 0 Å². The SMILES string of the molecule is COc1ccccc1C=NOCc1cccc(Cl)c1. The molecule has 0 unspecified atom stereocenters. The van der Waals surface area contributed by atoms with Crippen molar-refractivity contribution in [3.63, 3.8) is 0 Å². The van der Waals surface area contributed by atoms with Crippen LogP contribution >= 0.6 is 11.6 Å². The second kappa shape index (κ2) is 6.81. The molecule has 0 aliphatic rings. The van der Waals surface area contributed by atoms with Gasteiger partial charge in [0.25, 0.3) is 0 Å². The van der Waals surface area contributed by atoms with E-state index in [9.17, 15) is 0 Å². The molecule has 3 nitrogen and oxygen atoms in total. The van der Waals surface area contributed by atoms with Crippen LogP contribution < -0.4 is 4.74 Å². The summed E-state index contributed by atoms with van der Waals surface area (Å²) >= 11 is 5.88. The number of hydrogen-bond donors (Lipinski definition) is 0. The molecule has 4 heteroatoms. The zero-order valence-corrected chi connectivity index (χ0v) is 11.3. The van der Waals surface area contributed by atoms with Crippen LogP contribution in [-0.2, 0) is 11.4 Å². The number of para-hydroxylation sites is 1. The first-order valence-corrected chi connectivity index (χ1v) is 6.20. The van der Waals surface area contributed by atoms with Gasteiger partial charge in [0, 0.05) is 10.6 Å². The Balaban J connectivity index is 1.93. The summed E-state index contributed by atoms with van der Waals surface area (Å²) < 4.78 is 5.21. The zero-order chi connectivity index (χ0) is 13.5. The van der Waals surface area contributed by atoms with Gasteiger partial charge >= 0.3 is 0 Å². The van der Waals surface area contributed by atoms with Gasteiger partial charge in [-0.2, -0.15) is 0 Å². The molecule has 0 N–H and O–H groups in total. The van der Waals surface area contributed by atoms with Crippen LogP contribution in [0.15, 0.2) is 53.7 Å². The highest BCUT2D eigenvalue weighted by Crippen LogP contribution is 2.15. The van der Waals surface area contributed by atoms with Crippen molar-refractivity contribution in [3.05, 3.63) is 64.7 Å². The van der Waals surface area contributed by atoms with E-state index in [1.54, 1.807) is 13.3 Å². The summed E-state index contributed by atoms with van der Waals surface area (Å²) in [6, 6.07) is 15.1. The maximum atomic E-state index is 5.88. The summed E-state index contributed by atoms with van der Waals surface area (Å²) in [4.78, 5) is 5.23. The van der Waals surface area contributed by atoms with Crippen LogP contribution in [-0.4, -0.2) is 13.3 Å². The fraction of sp³-hybridized carbons (Fsp3) is 0.133. The molecule has 0 saturated heterocycles. The highest BCUT2D eigenvalue weighted by Gasteiger charge is 1.98. The highest BCUT2D eigenvalue weighted by molar-refractivity contribution is 6.30. The first-order valence-electron chi connectivity index (χ1n) is 5.82. The van der Waals surface area contributed by atoms with Crippen molar-refractivity contribution in [2.45, 2.75) is 6.61 Å². The van der Waals surface area contributed by atoms with Crippen LogP contribution in [0.5, 0.6) is 5.75 Å². The predicted molar refractivity (Wildman–Crippen MR) is 76.8 cm³/mol. The first-order chi connectivity index (χ1) is 9.29. The molecule has 0 heterocycles. The van der Waals surface area contributed by atoms with Crippen molar-refractivity contribution in [1.29, 1.82) is 0 Å². The van der Waals surface area contributed by atoms with E-state index in [1.165, 1.54) is 0 Å². The van der Waals surface area contributed by atoms with Gasteiger partial charge in [-0.25, -0.2) is 0 Å². The molecular formula is C15H14ClNO2. The molecule has 0 atom stereocenters. The van der Waals surface area contributed by atoms with Gasteiger partial charge in [-0.05, 0) is 29.8 Å². The molecule has 0 radical (unpaired) electrons. The van der Waals surface area contributed by atoms with E-state index in [4.69, 9.17) is 21.2 Å². The average molecular weight is 276 g/mol. The Morgan fingerprint density at radius 3 is 2.79 bits per heavy atom. The van der Waals surface area contributed by atoms with Crippen LogP contribution in [0.3, 0.4) is 0 Å². The third-order valence-electron chi connectivity index (χ3n) is 2.53. The van der Waals surface area contributed by atoms with Crippen LogP contribution in [0.2, 0.25) is 5.02 Å². The minimum Gasteiger partial charge on any atom is -0.496 e. The Bertz CT molecular complexity index is 570. The third-order valence-corrected chi connectivity index (χ3v) is 2.76. The van der Waals surface area contributed by atoms with Crippen molar-refractivity contribution >= 4 is 17.8 Å². The van der Waals surface area contributed by atoms with Crippen molar-refractivity contribution in [3.8, 4) is 5.75 Å². The van der Waals surface area contributed by atoms with Crippen LogP contribution in [0.25, 0.3) is 0 Å². The lowest BCUT2D eigenvalue weighted by atomic mass is 10.2. The molecule has 0 saturated carbocycles. The Morgan fingerprint density at radius 1 is 1.16 bits per heavy atom.